The largest absolute Gasteiger partial charge is 0.483 e. The molecule has 0 saturated heterocycles. The molecule has 1 heterocycles. The highest BCUT2D eigenvalue weighted by Crippen LogP contribution is 2.18. The maximum atomic E-state index is 12.0. The minimum atomic E-state index is -4.44. The number of pyridine rings is 1. The van der Waals surface area contributed by atoms with Crippen molar-refractivity contribution in [3.8, 4) is 11.8 Å². The molecule has 9 heteroatoms. The van der Waals surface area contributed by atoms with E-state index >= 15 is 0 Å². The number of hydrogen-bond acceptors (Lipinski definition) is 5. The summed E-state index contributed by atoms with van der Waals surface area (Å²) in [5.41, 5.74) is -0.135. The first-order valence-electron chi connectivity index (χ1n) is 5.96. The van der Waals surface area contributed by atoms with E-state index in [-0.39, 0.29) is 17.1 Å². The number of anilines is 1. The van der Waals surface area contributed by atoms with Crippen LogP contribution in [0.1, 0.15) is 0 Å². The Kier molecular flexibility index (Phi) is 5.74. The third kappa shape index (κ3) is 6.13. The van der Waals surface area contributed by atoms with Crippen molar-refractivity contribution in [2.45, 2.75) is 6.18 Å². The number of halogens is 3. The third-order valence-electron chi connectivity index (χ3n) is 2.13. The highest BCUT2D eigenvalue weighted by molar-refractivity contribution is 6.05. The minimum absolute atomic E-state index is 0.0836. The van der Waals surface area contributed by atoms with E-state index < -0.39 is 18.7 Å². The van der Waals surface area contributed by atoms with E-state index in [1.165, 1.54) is 23.2 Å². The zero-order valence-corrected chi connectivity index (χ0v) is 11.8. The van der Waals surface area contributed by atoms with Crippen molar-refractivity contribution < 1.29 is 22.7 Å². The summed E-state index contributed by atoms with van der Waals surface area (Å²) in [4.78, 5) is 17.0. The number of aromatic nitrogens is 1. The number of nitrogens with one attached hydrogen (secondary N) is 1. The number of ether oxygens (including phenoxy) is 1. The van der Waals surface area contributed by atoms with Crippen LogP contribution in [-0.4, -0.2) is 42.7 Å². The van der Waals surface area contributed by atoms with E-state index in [0.717, 1.165) is 6.20 Å². The van der Waals surface area contributed by atoms with Crippen LogP contribution in [0.3, 0.4) is 0 Å². The van der Waals surface area contributed by atoms with Gasteiger partial charge in [0.15, 0.2) is 6.61 Å². The zero-order valence-electron chi connectivity index (χ0n) is 11.8. The van der Waals surface area contributed by atoms with Crippen LogP contribution in [0.15, 0.2) is 30.1 Å². The number of hydrogen-bond donors (Lipinski definition) is 1. The van der Waals surface area contributed by atoms with Crippen LogP contribution < -0.4 is 10.1 Å². The first kappa shape index (κ1) is 17.3. The summed E-state index contributed by atoms with van der Waals surface area (Å²) >= 11 is 0. The summed E-state index contributed by atoms with van der Waals surface area (Å²) < 4.78 is 40.4. The average Bonchev–Trinajstić information content (AvgIpc) is 2.42. The summed E-state index contributed by atoms with van der Waals surface area (Å²) in [5, 5.41) is 11.2. The molecule has 0 fully saturated rings. The van der Waals surface area contributed by atoms with Crippen molar-refractivity contribution in [2.24, 2.45) is 0 Å². The van der Waals surface area contributed by atoms with Gasteiger partial charge in [0.1, 0.15) is 23.2 Å². The van der Waals surface area contributed by atoms with Crippen molar-refractivity contribution in [3.63, 3.8) is 0 Å². The topological polar surface area (TPSA) is 78.2 Å². The molecule has 1 amide bonds. The molecule has 0 unspecified atom stereocenters. The predicted octanol–water partition coefficient (Wildman–Crippen LogP) is 1.93. The molecule has 1 aromatic heterocycles. The molecule has 0 bridgehead atoms. The fraction of sp³-hybridized carbons (Fsp3) is 0.308. The maximum Gasteiger partial charge on any atom is 0.422 e. The second-order valence-corrected chi connectivity index (χ2v) is 4.36. The van der Waals surface area contributed by atoms with Gasteiger partial charge >= 0.3 is 6.18 Å². The SMILES string of the molecule is CN(C)C=C(C#N)C(=O)Nc1ccc(OCC(F)(F)F)cn1. The average molecular weight is 314 g/mol. The summed E-state index contributed by atoms with van der Waals surface area (Å²) in [6, 6.07) is 4.24. The smallest absolute Gasteiger partial charge is 0.422 e. The van der Waals surface area contributed by atoms with Gasteiger partial charge in [0.2, 0.25) is 0 Å². The molecule has 0 saturated carbocycles. The Morgan fingerprint density at radius 1 is 1.50 bits per heavy atom. The van der Waals surface area contributed by atoms with Gasteiger partial charge in [-0.1, -0.05) is 0 Å². The Labute approximate surface area is 124 Å². The maximum absolute atomic E-state index is 12.0. The number of nitrogens with zero attached hydrogens (tertiary/aromatic N) is 3. The van der Waals surface area contributed by atoms with Crippen molar-refractivity contribution in [2.75, 3.05) is 26.0 Å². The fourth-order valence-corrected chi connectivity index (χ4v) is 1.28. The lowest BCUT2D eigenvalue weighted by Gasteiger charge is -2.10. The van der Waals surface area contributed by atoms with Gasteiger partial charge in [-0.25, -0.2) is 4.98 Å². The van der Waals surface area contributed by atoms with E-state index in [1.807, 2.05) is 0 Å². The van der Waals surface area contributed by atoms with Crippen LogP contribution in [0.5, 0.6) is 5.75 Å². The van der Waals surface area contributed by atoms with Crippen molar-refractivity contribution >= 4 is 11.7 Å². The molecule has 0 radical (unpaired) electrons. The van der Waals surface area contributed by atoms with Gasteiger partial charge < -0.3 is 15.0 Å². The van der Waals surface area contributed by atoms with Crippen LogP contribution in [0.25, 0.3) is 0 Å². The van der Waals surface area contributed by atoms with Gasteiger partial charge in [0, 0.05) is 20.3 Å². The summed E-state index contributed by atoms with van der Waals surface area (Å²) in [5.74, 6) is -0.670. The lowest BCUT2D eigenvalue weighted by Crippen LogP contribution is -2.19. The molecule has 1 rings (SSSR count). The summed E-state index contributed by atoms with van der Waals surface area (Å²) in [6.45, 7) is -1.43. The normalized spacial score (nSPS) is 11.5. The van der Waals surface area contributed by atoms with E-state index in [0.29, 0.717) is 0 Å². The summed E-state index contributed by atoms with van der Waals surface area (Å²) in [6.07, 6.45) is -2.06. The highest BCUT2D eigenvalue weighted by Gasteiger charge is 2.28. The molecule has 0 spiro atoms. The van der Waals surface area contributed by atoms with Crippen LogP contribution in [0.2, 0.25) is 0 Å². The van der Waals surface area contributed by atoms with E-state index in [1.54, 1.807) is 20.2 Å². The molecular weight excluding hydrogens is 301 g/mol. The van der Waals surface area contributed by atoms with Crippen molar-refractivity contribution in [1.82, 2.24) is 9.88 Å². The molecule has 1 N–H and O–H groups in total. The Hall–Kier alpha value is -2.76. The van der Waals surface area contributed by atoms with Crippen molar-refractivity contribution in [1.29, 1.82) is 5.26 Å². The minimum Gasteiger partial charge on any atom is -0.483 e. The van der Waals surface area contributed by atoms with Gasteiger partial charge in [-0.3, -0.25) is 4.79 Å². The van der Waals surface area contributed by atoms with Gasteiger partial charge in [-0.2, -0.15) is 18.4 Å². The number of carbonyl (C=O) groups excluding carboxylic acids is 1. The molecule has 6 nitrogen and oxygen atoms in total. The van der Waals surface area contributed by atoms with Crippen LogP contribution in [0.4, 0.5) is 19.0 Å². The van der Waals surface area contributed by atoms with E-state index in [2.05, 4.69) is 15.0 Å². The Balaban J connectivity index is 2.68. The van der Waals surface area contributed by atoms with Crippen molar-refractivity contribution in [3.05, 3.63) is 30.1 Å². The molecular formula is C13H13F3N4O2. The number of alkyl halides is 3. The summed E-state index contributed by atoms with van der Waals surface area (Å²) in [7, 11) is 3.30. The standard InChI is InChI=1S/C13H13F3N4O2/c1-20(2)7-9(5-17)12(21)19-11-4-3-10(6-18-11)22-8-13(14,15)16/h3-4,6-7H,8H2,1-2H3,(H,18,19,21). The molecule has 22 heavy (non-hydrogen) atoms. The van der Waals surface area contributed by atoms with Gasteiger partial charge in [0.05, 0.1) is 6.20 Å². The molecule has 0 aliphatic carbocycles. The Morgan fingerprint density at radius 3 is 2.64 bits per heavy atom. The first-order chi connectivity index (χ1) is 10.2. The van der Waals surface area contributed by atoms with E-state index in [9.17, 15) is 18.0 Å². The number of amides is 1. The molecule has 118 valence electrons. The molecule has 0 aliphatic heterocycles. The van der Waals surface area contributed by atoms with Crippen LogP contribution in [-0.2, 0) is 4.79 Å². The number of nitriles is 1. The predicted molar refractivity (Wildman–Crippen MR) is 71.8 cm³/mol. The molecule has 0 atom stereocenters. The van der Waals surface area contributed by atoms with E-state index in [4.69, 9.17) is 5.26 Å². The second kappa shape index (κ2) is 7.31. The number of rotatable bonds is 5. The number of carbonyl (C=O) groups is 1. The Morgan fingerprint density at radius 2 is 2.18 bits per heavy atom. The fourth-order valence-electron chi connectivity index (χ4n) is 1.28. The van der Waals surface area contributed by atoms with Crippen LogP contribution >= 0.6 is 0 Å². The van der Waals surface area contributed by atoms with Gasteiger partial charge in [-0.05, 0) is 12.1 Å². The monoisotopic (exact) mass is 314 g/mol. The highest BCUT2D eigenvalue weighted by atomic mass is 19.4. The lowest BCUT2D eigenvalue weighted by molar-refractivity contribution is -0.153. The third-order valence-corrected chi connectivity index (χ3v) is 2.13. The second-order valence-electron chi connectivity index (χ2n) is 4.36. The Bertz CT molecular complexity index is 589. The van der Waals surface area contributed by atoms with Crippen LogP contribution in [0, 0.1) is 11.3 Å². The molecule has 0 aliphatic rings. The first-order valence-corrected chi connectivity index (χ1v) is 5.96. The quantitative estimate of drug-likeness (QED) is 0.664. The zero-order chi connectivity index (χ0) is 16.8. The van der Waals surface area contributed by atoms with Gasteiger partial charge in [-0.15, -0.1) is 0 Å². The molecule has 1 aromatic rings. The molecule has 0 aromatic carbocycles. The van der Waals surface area contributed by atoms with Gasteiger partial charge in [0.25, 0.3) is 5.91 Å². The lowest BCUT2D eigenvalue weighted by atomic mass is 10.3.